The van der Waals surface area contributed by atoms with Crippen LogP contribution in [0.2, 0.25) is 0 Å². The van der Waals surface area contributed by atoms with E-state index in [0.29, 0.717) is 38.3 Å². The first-order valence-electron chi connectivity index (χ1n) is 9.51. The van der Waals surface area contributed by atoms with Crippen molar-refractivity contribution in [3.05, 3.63) is 65.2 Å². The molecule has 1 aliphatic rings. The van der Waals surface area contributed by atoms with E-state index in [1.54, 1.807) is 0 Å². The lowest BCUT2D eigenvalue weighted by Gasteiger charge is -2.25. The summed E-state index contributed by atoms with van der Waals surface area (Å²) >= 11 is 0. The van der Waals surface area contributed by atoms with Crippen LogP contribution < -0.4 is 10.1 Å². The van der Waals surface area contributed by atoms with Crippen LogP contribution in [0.1, 0.15) is 42.1 Å². The molecule has 0 spiro atoms. The number of hydrogen-bond acceptors (Lipinski definition) is 4. The fourth-order valence-corrected chi connectivity index (χ4v) is 3.20. The molecule has 148 valence electrons. The van der Waals surface area contributed by atoms with E-state index in [-0.39, 0.29) is 18.4 Å². The van der Waals surface area contributed by atoms with Gasteiger partial charge in [0.25, 0.3) is 0 Å². The molecule has 0 bridgehead atoms. The second kappa shape index (κ2) is 9.90. The summed E-state index contributed by atoms with van der Waals surface area (Å²) < 4.78 is 11.3. The molecule has 1 heterocycles. The predicted octanol–water partition coefficient (Wildman–Crippen LogP) is 3.25. The Labute approximate surface area is 164 Å². The van der Waals surface area contributed by atoms with Crippen molar-refractivity contribution in [3.8, 4) is 5.75 Å². The topological polar surface area (TPSA) is 84.9 Å². The smallest absolute Gasteiger partial charge is 0.303 e. The van der Waals surface area contributed by atoms with Gasteiger partial charge in [-0.2, -0.15) is 0 Å². The number of rotatable bonds is 9. The van der Waals surface area contributed by atoms with E-state index < -0.39 is 5.97 Å². The Kier molecular flexibility index (Phi) is 7.03. The summed E-state index contributed by atoms with van der Waals surface area (Å²) in [5, 5.41) is 11.5. The molecule has 2 aromatic carbocycles. The maximum Gasteiger partial charge on any atom is 0.303 e. The van der Waals surface area contributed by atoms with Crippen molar-refractivity contribution >= 4 is 11.9 Å². The summed E-state index contributed by atoms with van der Waals surface area (Å²) in [6.07, 6.45) is 1.58. The highest BCUT2D eigenvalue weighted by Crippen LogP contribution is 2.29. The van der Waals surface area contributed by atoms with Crippen LogP contribution in [0.25, 0.3) is 0 Å². The third-order valence-electron chi connectivity index (χ3n) is 4.68. The summed E-state index contributed by atoms with van der Waals surface area (Å²) in [6, 6.07) is 15.5. The van der Waals surface area contributed by atoms with E-state index >= 15 is 0 Å². The van der Waals surface area contributed by atoms with E-state index in [2.05, 4.69) is 11.4 Å². The molecule has 2 N–H and O–H groups in total. The summed E-state index contributed by atoms with van der Waals surface area (Å²) in [5.74, 6) is -0.180. The van der Waals surface area contributed by atoms with Crippen LogP contribution >= 0.6 is 0 Å². The molecule has 6 nitrogen and oxygen atoms in total. The molecule has 3 rings (SSSR count). The molecule has 2 aromatic rings. The number of nitrogens with one attached hydrogen (secondary N) is 1. The molecule has 0 radical (unpaired) electrons. The molecule has 0 fully saturated rings. The van der Waals surface area contributed by atoms with Crippen molar-refractivity contribution in [2.24, 2.45) is 0 Å². The number of ether oxygens (including phenoxy) is 2. The third-order valence-corrected chi connectivity index (χ3v) is 4.68. The number of carbonyl (C=O) groups is 2. The molecule has 1 aliphatic heterocycles. The van der Waals surface area contributed by atoms with Gasteiger partial charge < -0.3 is 19.9 Å². The van der Waals surface area contributed by atoms with E-state index in [4.69, 9.17) is 14.6 Å². The average molecular weight is 383 g/mol. The van der Waals surface area contributed by atoms with Gasteiger partial charge in [0, 0.05) is 13.0 Å². The van der Waals surface area contributed by atoms with Gasteiger partial charge in [0.05, 0.1) is 25.7 Å². The van der Waals surface area contributed by atoms with Crippen LogP contribution in [0.15, 0.2) is 48.5 Å². The fraction of sp³-hybridized carbons (Fsp3) is 0.364. The number of amides is 1. The Bertz CT molecular complexity index is 803. The highest BCUT2D eigenvalue weighted by atomic mass is 16.5. The van der Waals surface area contributed by atoms with Gasteiger partial charge in [-0.05, 0) is 41.7 Å². The van der Waals surface area contributed by atoms with Gasteiger partial charge in [0.1, 0.15) is 5.75 Å². The second-order valence-corrected chi connectivity index (χ2v) is 6.78. The van der Waals surface area contributed by atoms with Crippen molar-refractivity contribution in [1.29, 1.82) is 0 Å². The Morgan fingerprint density at radius 3 is 2.71 bits per heavy atom. The van der Waals surface area contributed by atoms with Crippen molar-refractivity contribution in [2.75, 3.05) is 13.2 Å². The summed E-state index contributed by atoms with van der Waals surface area (Å²) in [6.45, 7) is 1.45. The number of hydrogen-bond donors (Lipinski definition) is 2. The molecule has 1 atom stereocenters. The molecule has 0 saturated heterocycles. The number of fused-ring (bicyclic) bond motifs is 1. The highest BCUT2D eigenvalue weighted by molar-refractivity contribution is 5.76. The predicted molar refractivity (Wildman–Crippen MR) is 104 cm³/mol. The zero-order valence-corrected chi connectivity index (χ0v) is 15.7. The Morgan fingerprint density at radius 1 is 1.14 bits per heavy atom. The number of aliphatic carboxylic acids is 1. The quantitative estimate of drug-likeness (QED) is 0.650. The van der Waals surface area contributed by atoms with Crippen molar-refractivity contribution in [1.82, 2.24) is 5.32 Å². The van der Waals surface area contributed by atoms with Crippen molar-refractivity contribution in [3.63, 3.8) is 0 Å². The van der Waals surface area contributed by atoms with Gasteiger partial charge in [0.15, 0.2) is 0 Å². The molecule has 6 heteroatoms. The minimum Gasteiger partial charge on any atom is -0.494 e. The fourth-order valence-electron chi connectivity index (χ4n) is 3.20. The Balaban J connectivity index is 1.43. The maximum absolute atomic E-state index is 12.3. The highest BCUT2D eigenvalue weighted by Gasteiger charge is 2.22. The van der Waals surface area contributed by atoms with Crippen LogP contribution in [0.3, 0.4) is 0 Å². The number of benzene rings is 2. The monoisotopic (exact) mass is 383 g/mol. The van der Waals surface area contributed by atoms with Gasteiger partial charge in [-0.3, -0.25) is 9.59 Å². The first-order valence-corrected chi connectivity index (χ1v) is 9.51. The SMILES string of the molecule is O=C(O)CCCOc1ccc(CNC(=O)CC2OCCc3ccccc32)cc1. The number of carbonyl (C=O) groups excluding carboxylic acids is 1. The zero-order chi connectivity index (χ0) is 19.8. The zero-order valence-electron chi connectivity index (χ0n) is 15.7. The molecular formula is C22H25NO5. The van der Waals surface area contributed by atoms with Gasteiger partial charge in [0.2, 0.25) is 5.91 Å². The first kappa shape index (κ1) is 19.9. The van der Waals surface area contributed by atoms with Gasteiger partial charge in [-0.15, -0.1) is 0 Å². The molecule has 0 saturated carbocycles. The second-order valence-electron chi connectivity index (χ2n) is 6.78. The van der Waals surface area contributed by atoms with E-state index in [1.807, 2.05) is 42.5 Å². The molecule has 1 unspecified atom stereocenters. The molecular weight excluding hydrogens is 358 g/mol. The minimum absolute atomic E-state index is 0.0456. The third kappa shape index (κ3) is 5.82. The lowest BCUT2D eigenvalue weighted by molar-refractivity contribution is -0.137. The standard InChI is InChI=1S/C22H25NO5/c24-21(14-20-19-5-2-1-4-17(19)11-13-28-20)23-15-16-7-9-18(10-8-16)27-12-3-6-22(25)26/h1-2,4-5,7-10,20H,3,6,11-15H2,(H,23,24)(H,25,26). The average Bonchev–Trinajstić information content (AvgIpc) is 2.71. The Hall–Kier alpha value is -2.86. The lowest BCUT2D eigenvalue weighted by Crippen LogP contribution is -2.27. The van der Waals surface area contributed by atoms with Gasteiger partial charge >= 0.3 is 5.97 Å². The molecule has 1 amide bonds. The van der Waals surface area contributed by atoms with Crippen molar-refractivity contribution < 1.29 is 24.2 Å². The lowest BCUT2D eigenvalue weighted by atomic mass is 9.95. The summed E-state index contributed by atoms with van der Waals surface area (Å²) in [5.41, 5.74) is 3.33. The van der Waals surface area contributed by atoms with Crippen LogP contribution in [0.4, 0.5) is 0 Å². The first-order chi connectivity index (χ1) is 13.6. The number of carboxylic acid groups (broad SMARTS) is 1. The largest absolute Gasteiger partial charge is 0.494 e. The van der Waals surface area contributed by atoms with Gasteiger partial charge in [-0.1, -0.05) is 36.4 Å². The van der Waals surface area contributed by atoms with Crippen LogP contribution in [0.5, 0.6) is 5.75 Å². The van der Waals surface area contributed by atoms with E-state index in [1.165, 1.54) is 5.56 Å². The van der Waals surface area contributed by atoms with Crippen LogP contribution in [-0.2, 0) is 27.3 Å². The van der Waals surface area contributed by atoms with Gasteiger partial charge in [-0.25, -0.2) is 0 Å². The van der Waals surface area contributed by atoms with Crippen LogP contribution in [0, 0.1) is 0 Å². The molecule has 28 heavy (non-hydrogen) atoms. The Morgan fingerprint density at radius 2 is 1.93 bits per heavy atom. The van der Waals surface area contributed by atoms with E-state index in [9.17, 15) is 9.59 Å². The van der Waals surface area contributed by atoms with E-state index in [0.717, 1.165) is 17.5 Å². The maximum atomic E-state index is 12.3. The normalized spacial score (nSPS) is 15.5. The van der Waals surface area contributed by atoms with Crippen molar-refractivity contribution in [2.45, 2.75) is 38.3 Å². The minimum atomic E-state index is -0.822. The number of carboxylic acids is 1. The summed E-state index contributed by atoms with van der Waals surface area (Å²) in [7, 11) is 0. The van der Waals surface area contributed by atoms with Crippen LogP contribution in [-0.4, -0.2) is 30.2 Å². The molecule has 0 aromatic heterocycles. The molecule has 0 aliphatic carbocycles. The summed E-state index contributed by atoms with van der Waals surface area (Å²) in [4.78, 5) is 22.8.